The fourth-order valence-corrected chi connectivity index (χ4v) is 2.33. The monoisotopic (exact) mass is 252 g/mol. The SMILES string of the molecule is Cc1nn(C)c(C(=O)N(C)C2CCOCC2)c1N. The standard InChI is InChI=1S/C12H20N4O2/c1-8-10(13)11(16(3)14-8)12(17)15(2)9-4-6-18-7-5-9/h9H,4-7,13H2,1-3H3. The Morgan fingerprint density at radius 1 is 1.50 bits per heavy atom. The van der Waals surface area contributed by atoms with Gasteiger partial charge in [-0.1, -0.05) is 0 Å². The van der Waals surface area contributed by atoms with Crippen molar-refractivity contribution in [1.82, 2.24) is 14.7 Å². The molecule has 2 N–H and O–H groups in total. The predicted molar refractivity (Wildman–Crippen MR) is 68.3 cm³/mol. The van der Waals surface area contributed by atoms with Crippen LogP contribution in [0.25, 0.3) is 0 Å². The van der Waals surface area contributed by atoms with E-state index >= 15 is 0 Å². The number of anilines is 1. The van der Waals surface area contributed by atoms with E-state index in [0.29, 0.717) is 30.3 Å². The lowest BCUT2D eigenvalue weighted by Gasteiger charge is -2.31. The van der Waals surface area contributed by atoms with Crippen molar-refractivity contribution in [2.45, 2.75) is 25.8 Å². The van der Waals surface area contributed by atoms with Gasteiger partial charge < -0.3 is 15.4 Å². The molecule has 0 radical (unpaired) electrons. The molecule has 0 bridgehead atoms. The molecule has 0 atom stereocenters. The van der Waals surface area contributed by atoms with Crippen LogP contribution in [0, 0.1) is 6.92 Å². The van der Waals surface area contributed by atoms with Crippen LogP contribution >= 0.6 is 0 Å². The van der Waals surface area contributed by atoms with Gasteiger partial charge in [-0.3, -0.25) is 9.48 Å². The highest BCUT2D eigenvalue weighted by molar-refractivity contribution is 5.98. The lowest BCUT2D eigenvalue weighted by Crippen LogP contribution is -2.41. The number of aromatic nitrogens is 2. The minimum Gasteiger partial charge on any atom is -0.395 e. The number of rotatable bonds is 2. The van der Waals surface area contributed by atoms with Crippen LogP contribution in [0.4, 0.5) is 5.69 Å². The summed E-state index contributed by atoms with van der Waals surface area (Å²) >= 11 is 0. The van der Waals surface area contributed by atoms with Gasteiger partial charge in [0, 0.05) is 33.4 Å². The van der Waals surface area contributed by atoms with E-state index in [4.69, 9.17) is 10.5 Å². The number of carbonyl (C=O) groups is 1. The highest BCUT2D eigenvalue weighted by Crippen LogP contribution is 2.20. The largest absolute Gasteiger partial charge is 0.395 e. The van der Waals surface area contributed by atoms with Crippen molar-refractivity contribution >= 4 is 11.6 Å². The van der Waals surface area contributed by atoms with Gasteiger partial charge in [-0.15, -0.1) is 0 Å². The molecule has 18 heavy (non-hydrogen) atoms. The highest BCUT2D eigenvalue weighted by Gasteiger charge is 2.27. The molecule has 1 aliphatic rings. The van der Waals surface area contributed by atoms with Gasteiger partial charge in [-0.25, -0.2) is 0 Å². The number of nitrogen functional groups attached to an aromatic ring is 1. The molecule has 1 fully saturated rings. The zero-order valence-electron chi connectivity index (χ0n) is 11.1. The molecule has 0 spiro atoms. The normalized spacial score (nSPS) is 16.8. The maximum Gasteiger partial charge on any atom is 0.274 e. The van der Waals surface area contributed by atoms with Crippen molar-refractivity contribution in [3.8, 4) is 0 Å². The first-order chi connectivity index (χ1) is 8.52. The van der Waals surface area contributed by atoms with Gasteiger partial charge in [0.15, 0.2) is 0 Å². The first-order valence-corrected chi connectivity index (χ1v) is 6.16. The first-order valence-electron chi connectivity index (χ1n) is 6.16. The molecule has 0 saturated carbocycles. The van der Waals surface area contributed by atoms with E-state index in [0.717, 1.165) is 12.8 Å². The summed E-state index contributed by atoms with van der Waals surface area (Å²) in [5, 5.41) is 4.18. The molecule has 1 aromatic rings. The lowest BCUT2D eigenvalue weighted by molar-refractivity contribution is 0.0357. The quantitative estimate of drug-likeness (QED) is 0.834. The zero-order chi connectivity index (χ0) is 13.3. The minimum absolute atomic E-state index is 0.0671. The maximum absolute atomic E-state index is 12.4. The van der Waals surface area contributed by atoms with Crippen molar-refractivity contribution in [3.05, 3.63) is 11.4 Å². The highest BCUT2D eigenvalue weighted by atomic mass is 16.5. The number of nitrogens with two attached hydrogens (primary N) is 1. The molecule has 0 unspecified atom stereocenters. The third-order valence-electron chi connectivity index (χ3n) is 3.53. The molecule has 1 saturated heterocycles. The van der Waals surface area contributed by atoms with Gasteiger partial charge >= 0.3 is 0 Å². The van der Waals surface area contributed by atoms with Crippen LogP contribution in [-0.2, 0) is 11.8 Å². The van der Waals surface area contributed by atoms with E-state index in [1.54, 1.807) is 23.6 Å². The van der Waals surface area contributed by atoms with Gasteiger partial charge in [0.05, 0.1) is 11.4 Å². The van der Waals surface area contributed by atoms with Gasteiger partial charge in [0.2, 0.25) is 0 Å². The molecule has 0 aromatic carbocycles. The Bertz CT molecular complexity index is 449. The third kappa shape index (κ3) is 2.20. The van der Waals surface area contributed by atoms with Gasteiger partial charge in [0.1, 0.15) is 5.69 Å². The van der Waals surface area contributed by atoms with Crippen LogP contribution in [0.3, 0.4) is 0 Å². The lowest BCUT2D eigenvalue weighted by atomic mass is 10.1. The first kappa shape index (κ1) is 12.9. The summed E-state index contributed by atoms with van der Waals surface area (Å²) < 4.78 is 6.87. The summed E-state index contributed by atoms with van der Waals surface area (Å²) in [6.45, 7) is 3.23. The van der Waals surface area contributed by atoms with Crippen LogP contribution in [0.15, 0.2) is 0 Å². The Morgan fingerprint density at radius 3 is 2.61 bits per heavy atom. The molecular formula is C12H20N4O2. The molecule has 0 aliphatic carbocycles. The molecule has 2 heterocycles. The van der Waals surface area contributed by atoms with E-state index in [2.05, 4.69) is 5.10 Å². The Kier molecular flexibility index (Phi) is 3.56. The van der Waals surface area contributed by atoms with E-state index in [9.17, 15) is 4.79 Å². The van der Waals surface area contributed by atoms with E-state index in [1.807, 2.05) is 7.05 Å². The smallest absolute Gasteiger partial charge is 0.274 e. The van der Waals surface area contributed by atoms with E-state index in [1.165, 1.54) is 0 Å². The van der Waals surface area contributed by atoms with Crippen LogP contribution < -0.4 is 5.73 Å². The summed E-state index contributed by atoms with van der Waals surface area (Å²) in [4.78, 5) is 14.2. The number of hydrogen-bond acceptors (Lipinski definition) is 4. The number of amides is 1. The van der Waals surface area contributed by atoms with Crippen LogP contribution in [0.5, 0.6) is 0 Å². The molecule has 1 aromatic heterocycles. The Morgan fingerprint density at radius 2 is 2.11 bits per heavy atom. The minimum atomic E-state index is -0.0671. The topological polar surface area (TPSA) is 73.4 Å². The van der Waals surface area contributed by atoms with Crippen LogP contribution in [0.1, 0.15) is 29.0 Å². The summed E-state index contributed by atoms with van der Waals surface area (Å²) in [5.74, 6) is -0.0671. The average molecular weight is 252 g/mol. The second-order valence-electron chi connectivity index (χ2n) is 4.73. The number of carbonyl (C=O) groups excluding carboxylic acids is 1. The fourth-order valence-electron chi connectivity index (χ4n) is 2.33. The van der Waals surface area contributed by atoms with Crippen molar-refractivity contribution in [2.24, 2.45) is 7.05 Å². The third-order valence-corrected chi connectivity index (χ3v) is 3.53. The van der Waals surface area contributed by atoms with Crippen molar-refractivity contribution in [1.29, 1.82) is 0 Å². The Labute approximate surface area is 107 Å². The summed E-state index contributed by atoms with van der Waals surface area (Å²) in [5.41, 5.74) is 7.56. The summed E-state index contributed by atoms with van der Waals surface area (Å²) in [6.07, 6.45) is 1.75. The number of nitrogens with zero attached hydrogens (tertiary/aromatic N) is 3. The van der Waals surface area contributed by atoms with Gasteiger partial charge in [-0.2, -0.15) is 5.10 Å². The summed E-state index contributed by atoms with van der Waals surface area (Å²) in [6, 6.07) is 0.223. The van der Waals surface area contributed by atoms with Crippen molar-refractivity contribution in [3.63, 3.8) is 0 Å². The van der Waals surface area contributed by atoms with E-state index in [-0.39, 0.29) is 11.9 Å². The van der Waals surface area contributed by atoms with Gasteiger partial charge in [-0.05, 0) is 19.8 Å². The molecule has 1 amide bonds. The van der Waals surface area contributed by atoms with Crippen LogP contribution in [0.2, 0.25) is 0 Å². The van der Waals surface area contributed by atoms with Gasteiger partial charge in [0.25, 0.3) is 5.91 Å². The number of aryl methyl sites for hydroxylation is 2. The maximum atomic E-state index is 12.4. The average Bonchev–Trinajstić information content (AvgIpc) is 2.63. The van der Waals surface area contributed by atoms with Crippen LogP contribution in [-0.4, -0.2) is 46.9 Å². The Balaban J connectivity index is 2.19. The molecule has 2 rings (SSSR count). The molecular weight excluding hydrogens is 232 g/mol. The van der Waals surface area contributed by atoms with Crippen molar-refractivity contribution in [2.75, 3.05) is 26.0 Å². The zero-order valence-corrected chi connectivity index (χ0v) is 11.1. The fraction of sp³-hybridized carbons (Fsp3) is 0.667. The van der Waals surface area contributed by atoms with E-state index < -0.39 is 0 Å². The number of ether oxygens (including phenoxy) is 1. The second-order valence-corrected chi connectivity index (χ2v) is 4.73. The van der Waals surface area contributed by atoms with Crippen molar-refractivity contribution < 1.29 is 9.53 Å². The molecule has 100 valence electrons. The molecule has 6 nitrogen and oxygen atoms in total. The summed E-state index contributed by atoms with van der Waals surface area (Å²) in [7, 11) is 3.56. The second kappa shape index (κ2) is 4.97. The molecule has 6 heteroatoms. The molecule has 1 aliphatic heterocycles. The Hall–Kier alpha value is -1.56. The predicted octanol–water partition coefficient (Wildman–Crippen LogP) is 0.562. The number of hydrogen-bond donors (Lipinski definition) is 1.